The van der Waals surface area contributed by atoms with Gasteiger partial charge in [0, 0.05) is 5.02 Å². The van der Waals surface area contributed by atoms with E-state index in [-0.39, 0.29) is 27.2 Å². The molecule has 0 saturated heterocycles. The second-order valence-electron chi connectivity index (χ2n) is 3.61. The van der Waals surface area contributed by atoms with Gasteiger partial charge in [0.1, 0.15) is 6.04 Å². The number of halogens is 5. The molecule has 0 bridgehead atoms. The molecule has 19 heavy (non-hydrogen) atoms. The molecule has 8 heteroatoms. The summed E-state index contributed by atoms with van der Waals surface area (Å²) in [6.45, 7) is 1.22. The van der Waals surface area contributed by atoms with Gasteiger partial charge in [-0.3, -0.25) is 0 Å². The second kappa shape index (κ2) is 6.22. The molecule has 0 heterocycles. The van der Waals surface area contributed by atoms with Crippen molar-refractivity contribution in [2.45, 2.75) is 18.9 Å². The number of hydrogen-bond acceptors (Lipinski definition) is 3. The van der Waals surface area contributed by atoms with E-state index in [1.165, 1.54) is 13.0 Å². The molecule has 0 aliphatic heterocycles. The van der Waals surface area contributed by atoms with E-state index in [4.69, 9.17) is 40.5 Å². The quantitative estimate of drug-likeness (QED) is 0.673. The Hall–Kier alpha value is -0.620. The van der Waals surface area contributed by atoms with Crippen molar-refractivity contribution in [2.24, 2.45) is 5.73 Å². The number of carbonyl (C=O) groups excluding carboxylic acids is 1. The number of carbonyl (C=O) groups is 1. The van der Waals surface area contributed by atoms with Crippen LogP contribution in [0.25, 0.3) is 0 Å². The number of hydrogen-bond donors (Lipinski definition) is 1. The fourth-order valence-corrected chi connectivity index (χ4v) is 2.09. The molecule has 0 fully saturated rings. The van der Waals surface area contributed by atoms with E-state index in [1.807, 2.05) is 0 Å². The van der Waals surface area contributed by atoms with Crippen molar-refractivity contribution in [2.75, 3.05) is 6.61 Å². The van der Waals surface area contributed by atoms with Crippen LogP contribution in [0.2, 0.25) is 15.1 Å². The van der Waals surface area contributed by atoms with E-state index in [9.17, 15) is 13.6 Å². The maximum absolute atomic E-state index is 13.8. The summed E-state index contributed by atoms with van der Waals surface area (Å²) in [7, 11) is 0. The predicted molar refractivity (Wildman–Crippen MR) is 70.0 cm³/mol. The largest absolute Gasteiger partial charge is 0.462 e. The van der Waals surface area contributed by atoms with Gasteiger partial charge in [-0.25, -0.2) is 4.79 Å². The SMILES string of the molecule is CCOC(=O)C(F)(F)[C@@H](N)c1cc(Cl)cc(Cl)c1Cl. The minimum absolute atomic E-state index is 0.0284. The first kappa shape index (κ1) is 16.4. The van der Waals surface area contributed by atoms with Crippen LogP contribution >= 0.6 is 34.8 Å². The Labute approximate surface area is 123 Å². The van der Waals surface area contributed by atoms with Gasteiger partial charge in [-0.1, -0.05) is 34.8 Å². The Morgan fingerprint density at radius 1 is 1.42 bits per heavy atom. The second-order valence-corrected chi connectivity index (χ2v) is 4.83. The third-order valence-electron chi connectivity index (χ3n) is 2.29. The number of benzene rings is 1. The smallest absolute Gasteiger partial charge is 0.379 e. The van der Waals surface area contributed by atoms with Crippen LogP contribution in [0.4, 0.5) is 8.78 Å². The van der Waals surface area contributed by atoms with Crippen molar-refractivity contribution in [1.82, 2.24) is 0 Å². The summed E-state index contributed by atoms with van der Waals surface area (Å²) < 4.78 is 31.8. The summed E-state index contributed by atoms with van der Waals surface area (Å²) in [6, 6.07) is 0.410. The number of alkyl halides is 2. The molecule has 0 amide bonds. The lowest BCUT2D eigenvalue weighted by molar-refractivity contribution is -0.174. The zero-order chi connectivity index (χ0) is 14.8. The number of nitrogens with two attached hydrogens (primary N) is 1. The Morgan fingerprint density at radius 2 is 2.00 bits per heavy atom. The highest BCUT2D eigenvalue weighted by Gasteiger charge is 2.48. The van der Waals surface area contributed by atoms with Crippen molar-refractivity contribution >= 4 is 40.8 Å². The lowest BCUT2D eigenvalue weighted by Gasteiger charge is -2.23. The van der Waals surface area contributed by atoms with Gasteiger partial charge in [-0.15, -0.1) is 0 Å². The third kappa shape index (κ3) is 3.48. The summed E-state index contributed by atoms with van der Waals surface area (Å²) in [6.07, 6.45) is 0. The highest BCUT2D eigenvalue weighted by Crippen LogP contribution is 2.38. The van der Waals surface area contributed by atoms with E-state index in [0.29, 0.717) is 0 Å². The van der Waals surface area contributed by atoms with E-state index in [1.54, 1.807) is 0 Å². The van der Waals surface area contributed by atoms with Gasteiger partial charge in [0.2, 0.25) is 0 Å². The van der Waals surface area contributed by atoms with Crippen molar-refractivity contribution in [3.05, 3.63) is 32.8 Å². The van der Waals surface area contributed by atoms with Crippen LogP contribution in [0.15, 0.2) is 12.1 Å². The molecule has 1 aromatic carbocycles. The fourth-order valence-electron chi connectivity index (χ4n) is 1.35. The fraction of sp³-hybridized carbons (Fsp3) is 0.364. The molecule has 3 nitrogen and oxygen atoms in total. The van der Waals surface area contributed by atoms with Crippen LogP contribution in [0, 0.1) is 0 Å². The Kier molecular flexibility index (Phi) is 5.38. The molecule has 0 radical (unpaired) electrons. The van der Waals surface area contributed by atoms with E-state index >= 15 is 0 Å². The van der Waals surface area contributed by atoms with Crippen molar-refractivity contribution in [3.63, 3.8) is 0 Å². The van der Waals surface area contributed by atoms with E-state index in [0.717, 1.165) is 6.07 Å². The third-order valence-corrected chi connectivity index (χ3v) is 3.33. The van der Waals surface area contributed by atoms with E-state index < -0.39 is 17.9 Å². The van der Waals surface area contributed by atoms with Gasteiger partial charge >= 0.3 is 11.9 Å². The molecule has 1 atom stereocenters. The molecule has 106 valence electrons. The van der Waals surface area contributed by atoms with Gasteiger partial charge in [0.25, 0.3) is 0 Å². The van der Waals surface area contributed by atoms with Gasteiger partial charge in [-0.2, -0.15) is 8.78 Å². The van der Waals surface area contributed by atoms with Crippen LogP contribution in [0.5, 0.6) is 0 Å². The summed E-state index contributed by atoms with van der Waals surface area (Å²) in [5, 5.41) is -0.124. The average Bonchev–Trinajstić information content (AvgIpc) is 2.33. The Morgan fingerprint density at radius 3 is 2.53 bits per heavy atom. The van der Waals surface area contributed by atoms with E-state index in [2.05, 4.69) is 4.74 Å². The number of esters is 1. The lowest BCUT2D eigenvalue weighted by Crippen LogP contribution is -2.41. The zero-order valence-corrected chi connectivity index (χ0v) is 12.0. The molecule has 2 N–H and O–H groups in total. The molecule has 0 spiro atoms. The lowest BCUT2D eigenvalue weighted by atomic mass is 10.0. The minimum Gasteiger partial charge on any atom is -0.462 e. The molecule has 1 aromatic rings. The van der Waals surface area contributed by atoms with Crippen LogP contribution in [-0.4, -0.2) is 18.5 Å². The number of ether oxygens (including phenoxy) is 1. The zero-order valence-electron chi connectivity index (χ0n) is 9.72. The Bertz CT molecular complexity index is 497. The van der Waals surface area contributed by atoms with Crippen LogP contribution in [-0.2, 0) is 9.53 Å². The topological polar surface area (TPSA) is 52.3 Å². The van der Waals surface area contributed by atoms with Gasteiger partial charge in [-0.05, 0) is 24.6 Å². The predicted octanol–water partition coefficient (Wildman–Crippen LogP) is 3.85. The average molecular weight is 333 g/mol. The molecular formula is C11H10Cl3F2NO2. The maximum Gasteiger partial charge on any atom is 0.379 e. The van der Waals surface area contributed by atoms with Crippen LogP contribution < -0.4 is 5.73 Å². The molecule has 0 aliphatic carbocycles. The normalized spacial score (nSPS) is 13.2. The van der Waals surface area contributed by atoms with Gasteiger partial charge in [0.05, 0.1) is 16.7 Å². The molecule has 0 aliphatic rings. The Balaban J connectivity index is 3.19. The standard InChI is InChI=1S/C11H10Cl3F2NO2/c1-2-19-10(18)11(15,16)9(17)6-3-5(12)4-7(13)8(6)14/h3-4,9H,2,17H2,1H3/t9-/m0/s1. The highest BCUT2D eigenvalue weighted by atomic mass is 35.5. The summed E-state index contributed by atoms with van der Waals surface area (Å²) in [5.41, 5.74) is 5.17. The van der Waals surface area contributed by atoms with Gasteiger partial charge in [0.15, 0.2) is 0 Å². The summed E-state index contributed by atoms with van der Waals surface area (Å²) >= 11 is 17.2. The minimum atomic E-state index is -3.94. The van der Waals surface area contributed by atoms with Crippen molar-refractivity contribution in [1.29, 1.82) is 0 Å². The first-order chi connectivity index (χ1) is 8.71. The monoisotopic (exact) mass is 331 g/mol. The summed E-state index contributed by atoms with van der Waals surface area (Å²) in [5.74, 6) is -5.66. The highest BCUT2D eigenvalue weighted by molar-refractivity contribution is 6.43. The maximum atomic E-state index is 13.8. The first-order valence-corrected chi connectivity index (χ1v) is 6.30. The molecule has 0 saturated carbocycles. The first-order valence-electron chi connectivity index (χ1n) is 5.16. The van der Waals surface area contributed by atoms with Gasteiger partial charge < -0.3 is 10.5 Å². The van der Waals surface area contributed by atoms with Crippen LogP contribution in [0.3, 0.4) is 0 Å². The molecule has 0 aromatic heterocycles. The van der Waals surface area contributed by atoms with Crippen molar-refractivity contribution < 1.29 is 18.3 Å². The van der Waals surface area contributed by atoms with Crippen LogP contribution in [0.1, 0.15) is 18.5 Å². The molecular weight excluding hydrogens is 322 g/mol. The van der Waals surface area contributed by atoms with Crippen molar-refractivity contribution in [3.8, 4) is 0 Å². The number of rotatable bonds is 4. The molecule has 0 unspecified atom stereocenters. The molecule has 1 rings (SSSR count). The summed E-state index contributed by atoms with van der Waals surface area (Å²) in [4.78, 5) is 11.2.